The highest BCUT2D eigenvalue weighted by molar-refractivity contribution is 7.89. The van der Waals surface area contributed by atoms with Gasteiger partial charge in [0.1, 0.15) is 5.82 Å². The average Bonchev–Trinajstić information content (AvgIpc) is 2.91. The lowest BCUT2D eigenvalue weighted by Crippen LogP contribution is -2.41. The molecule has 0 amide bonds. The fourth-order valence-corrected chi connectivity index (χ4v) is 3.88. The van der Waals surface area contributed by atoms with Gasteiger partial charge in [0, 0.05) is 24.7 Å². The molecule has 7 heteroatoms. The number of hydrogen-bond acceptors (Lipinski definition) is 4. The van der Waals surface area contributed by atoms with Crippen molar-refractivity contribution in [3.8, 4) is 0 Å². The lowest BCUT2D eigenvalue weighted by molar-refractivity contribution is 0.313. The van der Waals surface area contributed by atoms with Crippen LogP contribution >= 0.6 is 0 Å². The van der Waals surface area contributed by atoms with E-state index >= 15 is 0 Å². The fourth-order valence-electron chi connectivity index (χ4n) is 2.60. The van der Waals surface area contributed by atoms with Crippen molar-refractivity contribution in [2.45, 2.75) is 37.2 Å². The summed E-state index contributed by atoms with van der Waals surface area (Å²) in [5.41, 5.74) is 5.61. The summed E-state index contributed by atoms with van der Waals surface area (Å²) in [6, 6.07) is 3.50. The summed E-state index contributed by atoms with van der Waals surface area (Å²) in [5.74, 6) is -0.485. The summed E-state index contributed by atoms with van der Waals surface area (Å²) in [6.45, 7) is 4.52. The van der Waals surface area contributed by atoms with E-state index in [0.29, 0.717) is 6.54 Å². The van der Waals surface area contributed by atoms with Crippen LogP contribution in [0.5, 0.6) is 0 Å². The van der Waals surface area contributed by atoms with Crippen molar-refractivity contribution in [2.75, 3.05) is 19.6 Å². The molecule has 1 fully saturated rings. The molecule has 1 aliphatic rings. The molecule has 2 rings (SSSR count). The maximum absolute atomic E-state index is 13.4. The number of nitrogens with two attached hydrogens (primary N) is 1. The van der Waals surface area contributed by atoms with Crippen LogP contribution < -0.4 is 10.5 Å². The van der Waals surface area contributed by atoms with E-state index < -0.39 is 15.8 Å². The maximum Gasteiger partial charge on any atom is 0.240 e. The number of sulfonamides is 1. The summed E-state index contributed by atoms with van der Waals surface area (Å²) in [6.07, 6.45) is 2.33. The van der Waals surface area contributed by atoms with Crippen LogP contribution in [0.15, 0.2) is 23.1 Å². The molecule has 1 heterocycles. The number of nitrogens with zero attached hydrogens (tertiary/aromatic N) is 1. The molecule has 1 aliphatic heterocycles. The van der Waals surface area contributed by atoms with Crippen molar-refractivity contribution in [3.63, 3.8) is 0 Å². The monoisotopic (exact) mass is 315 g/mol. The number of benzene rings is 1. The highest BCUT2D eigenvalue weighted by Crippen LogP contribution is 2.15. The second-order valence-corrected chi connectivity index (χ2v) is 7.20. The number of rotatable bonds is 6. The van der Waals surface area contributed by atoms with Gasteiger partial charge in [-0.25, -0.2) is 17.5 Å². The maximum atomic E-state index is 13.4. The Kier molecular flexibility index (Phi) is 5.32. The van der Waals surface area contributed by atoms with E-state index in [-0.39, 0.29) is 23.0 Å². The predicted octanol–water partition coefficient (Wildman–Crippen LogP) is 1.05. The lowest BCUT2D eigenvalue weighted by atomic mass is 10.2. The van der Waals surface area contributed by atoms with E-state index in [1.54, 1.807) is 0 Å². The number of likely N-dealkylation sites (tertiary alicyclic amines) is 1. The van der Waals surface area contributed by atoms with E-state index in [4.69, 9.17) is 5.73 Å². The summed E-state index contributed by atoms with van der Waals surface area (Å²) in [4.78, 5) is 2.29. The molecule has 1 saturated heterocycles. The minimum absolute atomic E-state index is 0.0292. The quantitative estimate of drug-likeness (QED) is 0.823. The van der Waals surface area contributed by atoms with Gasteiger partial charge in [0.15, 0.2) is 0 Å². The molecule has 0 radical (unpaired) electrons. The zero-order valence-corrected chi connectivity index (χ0v) is 13.0. The fraction of sp³-hybridized carbons (Fsp3) is 0.571. The van der Waals surface area contributed by atoms with Gasteiger partial charge < -0.3 is 10.6 Å². The summed E-state index contributed by atoms with van der Waals surface area (Å²) < 4.78 is 40.6. The van der Waals surface area contributed by atoms with Crippen molar-refractivity contribution in [3.05, 3.63) is 29.6 Å². The molecule has 3 N–H and O–H groups in total. The summed E-state index contributed by atoms with van der Waals surface area (Å²) in [7, 11) is -3.65. The van der Waals surface area contributed by atoms with Gasteiger partial charge in [-0.15, -0.1) is 0 Å². The number of nitrogens with one attached hydrogen (secondary N) is 1. The van der Waals surface area contributed by atoms with E-state index in [1.807, 2.05) is 6.92 Å². The molecule has 21 heavy (non-hydrogen) atoms. The molecule has 0 bridgehead atoms. The summed E-state index contributed by atoms with van der Waals surface area (Å²) in [5, 5.41) is 0. The minimum Gasteiger partial charge on any atom is -0.326 e. The number of hydrogen-bond donors (Lipinski definition) is 2. The van der Waals surface area contributed by atoms with Crippen LogP contribution in [0, 0.1) is 5.82 Å². The van der Waals surface area contributed by atoms with Gasteiger partial charge in [0.05, 0.1) is 4.90 Å². The van der Waals surface area contributed by atoms with Gasteiger partial charge in [0.25, 0.3) is 0 Å². The molecule has 0 aliphatic carbocycles. The second-order valence-electron chi connectivity index (χ2n) is 5.49. The molecule has 0 saturated carbocycles. The molecular weight excluding hydrogens is 293 g/mol. The number of halogens is 1. The molecular formula is C14H22FN3O2S. The third kappa shape index (κ3) is 4.23. The van der Waals surface area contributed by atoms with Gasteiger partial charge in [-0.1, -0.05) is 0 Å². The van der Waals surface area contributed by atoms with E-state index in [0.717, 1.165) is 32.0 Å². The van der Waals surface area contributed by atoms with E-state index in [1.165, 1.54) is 12.1 Å². The molecule has 1 atom stereocenters. The Balaban J connectivity index is 2.06. The topological polar surface area (TPSA) is 75.4 Å². The van der Waals surface area contributed by atoms with Crippen molar-refractivity contribution < 1.29 is 12.8 Å². The average molecular weight is 315 g/mol. The van der Waals surface area contributed by atoms with Crippen molar-refractivity contribution in [1.82, 2.24) is 9.62 Å². The van der Waals surface area contributed by atoms with Crippen LogP contribution in [-0.4, -0.2) is 39.0 Å². The van der Waals surface area contributed by atoms with Gasteiger partial charge in [-0.05, 0) is 51.1 Å². The second kappa shape index (κ2) is 6.83. The van der Waals surface area contributed by atoms with Gasteiger partial charge in [-0.2, -0.15) is 0 Å². The molecule has 0 aromatic heterocycles. The van der Waals surface area contributed by atoms with Crippen LogP contribution in [0.3, 0.4) is 0 Å². The first-order chi connectivity index (χ1) is 9.92. The lowest BCUT2D eigenvalue weighted by Gasteiger charge is -2.21. The van der Waals surface area contributed by atoms with E-state index in [9.17, 15) is 12.8 Å². The Bertz CT molecular complexity index is 586. The van der Waals surface area contributed by atoms with Crippen LogP contribution in [0.25, 0.3) is 0 Å². The van der Waals surface area contributed by atoms with Crippen LogP contribution in [0.4, 0.5) is 4.39 Å². The molecule has 1 unspecified atom stereocenters. The smallest absolute Gasteiger partial charge is 0.240 e. The van der Waals surface area contributed by atoms with E-state index in [2.05, 4.69) is 9.62 Å². The first-order valence-electron chi connectivity index (χ1n) is 7.15. The summed E-state index contributed by atoms with van der Waals surface area (Å²) >= 11 is 0. The molecule has 1 aromatic rings. The largest absolute Gasteiger partial charge is 0.326 e. The zero-order chi connectivity index (χ0) is 15.5. The van der Waals surface area contributed by atoms with Crippen molar-refractivity contribution in [2.24, 2.45) is 5.73 Å². The Morgan fingerprint density at radius 3 is 2.67 bits per heavy atom. The first-order valence-corrected chi connectivity index (χ1v) is 8.64. The zero-order valence-electron chi connectivity index (χ0n) is 12.2. The Labute approximate surface area is 125 Å². The van der Waals surface area contributed by atoms with Crippen molar-refractivity contribution in [1.29, 1.82) is 0 Å². The Morgan fingerprint density at radius 2 is 2.05 bits per heavy atom. The van der Waals surface area contributed by atoms with Crippen LogP contribution in [-0.2, 0) is 16.6 Å². The third-order valence-corrected chi connectivity index (χ3v) is 5.22. The SMILES string of the molecule is CC(CN1CCCC1)NS(=O)(=O)c1ccc(F)c(CN)c1. The molecule has 118 valence electrons. The predicted molar refractivity (Wildman–Crippen MR) is 79.7 cm³/mol. The Morgan fingerprint density at radius 1 is 1.38 bits per heavy atom. The standard InChI is InChI=1S/C14H22FN3O2S/c1-11(10-18-6-2-3-7-18)17-21(19,20)13-4-5-14(15)12(8-13)9-16/h4-5,8,11,17H,2-3,6-7,9-10,16H2,1H3. The molecule has 1 aromatic carbocycles. The van der Waals surface area contributed by atoms with Gasteiger partial charge in [-0.3, -0.25) is 0 Å². The first kappa shape index (κ1) is 16.4. The Hall–Kier alpha value is -1.02. The normalized spacial score (nSPS) is 18.0. The van der Waals surface area contributed by atoms with Gasteiger partial charge in [0.2, 0.25) is 10.0 Å². The highest BCUT2D eigenvalue weighted by atomic mass is 32.2. The minimum atomic E-state index is -3.65. The molecule has 5 nitrogen and oxygen atoms in total. The highest BCUT2D eigenvalue weighted by Gasteiger charge is 2.21. The van der Waals surface area contributed by atoms with Crippen LogP contribution in [0.1, 0.15) is 25.3 Å². The van der Waals surface area contributed by atoms with Crippen molar-refractivity contribution >= 4 is 10.0 Å². The third-order valence-electron chi connectivity index (χ3n) is 3.63. The van der Waals surface area contributed by atoms with Gasteiger partial charge >= 0.3 is 0 Å². The molecule has 0 spiro atoms. The van der Waals surface area contributed by atoms with Crippen LogP contribution in [0.2, 0.25) is 0 Å².